The number of nitriles is 1. The third-order valence-electron chi connectivity index (χ3n) is 2.42. The van der Waals surface area contributed by atoms with Gasteiger partial charge in [-0.1, -0.05) is 0 Å². The highest BCUT2D eigenvalue weighted by Crippen LogP contribution is 2.21. The van der Waals surface area contributed by atoms with Crippen molar-refractivity contribution in [3.8, 4) is 6.07 Å². The Bertz CT molecular complexity index is 657. The van der Waals surface area contributed by atoms with Gasteiger partial charge in [0.1, 0.15) is 12.4 Å². The molecule has 1 N–H and O–H groups in total. The van der Waals surface area contributed by atoms with Crippen LogP contribution in [0.1, 0.15) is 11.4 Å². The summed E-state index contributed by atoms with van der Waals surface area (Å²) in [5, 5.41) is 26.6. The number of hydrogen-bond acceptors (Lipinski definition) is 6. The third-order valence-corrected chi connectivity index (χ3v) is 2.42. The van der Waals surface area contributed by atoms with Gasteiger partial charge >= 0.3 is 0 Å². The smallest absolute Gasteiger partial charge is 0.270 e. The Labute approximate surface area is 108 Å². The molecule has 0 bridgehead atoms. The summed E-state index contributed by atoms with van der Waals surface area (Å²) in [4.78, 5) is 14.1. The van der Waals surface area contributed by atoms with Gasteiger partial charge in [0, 0.05) is 19.2 Å². The summed E-state index contributed by atoms with van der Waals surface area (Å²) >= 11 is 0. The van der Waals surface area contributed by atoms with Crippen LogP contribution in [0.4, 0.5) is 11.4 Å². The highest BCUT2D eigenvalue weighted by Gasteiger charge is 2.10. The van der Waals surface area contributed by atoms with Gasteiger partial charge in [0.05, 0.1) is 22.7 Å². The van der Waals surface area contributed by atoms with Crippen molar-refractivity contribution in [1.82, 2.24) is 14.8 Å². The number of aryl methyl sites for hydroxylation is 1. The summed E-state index contributed by atoms with van der Waals surface area (Å²) in [6.45, 7) is 0.341. The molecule has 0 aliphatic rings. The molecule has 0 fully saturated rings. The Hall–Kier alpha value is -2.95. The molecule has 1 aromatic heterocycles. The first-order valence-corrected chi connectivity index (χ1v) is 5.37. The van der Waals surface area contributed by atoms with Crippen molar-refractivity contribution in [1.29, 1.82) is 5.26 Å². The Morgan fingerprint density at radius 3 is 2.95 bits per heavy atom. The fraction of sp³-hybridized carbons (Fsp3) is 0.182. The first-order chi connectivity index (χ1) is 9.10. The molecule has 0 unspecified atom stereocenters. The predicted octanol–water partition coefficient (Wildman–Crippen LogP) is 1.21. The molecule has 0 saturated heterocycles. The molecule has 0 spiro atoms. The van der Waals surface area contributed by atoms with E-state index in [4.69, 9.17) is 5.26 Å². The second-order valence-corrected chi connectivity index (χ2v) is 3.79. The number of nitro benzene ring substituents is 1. The standard InChI is InChI=1S/C11H10N6O2/c1-16-7-14-11(15-16)6-13-10-3-2-9(17(18)19)4-8(10)5-12/h2-4,7,13H,6H2,1H3. The Balaban J connectivity index is 2.16. The van der Waals surface area contributed by atoms with Crippen molar-refractivity contribution in [2.75, 3.05) is 5.32 Å². The molecule has 8 heteroatoms. The average Bonchev–Trinajstić information content (AvgIpc) is 2.81. The van der Waals surface area contributed by atoms with Crippen LogP contribution in [0.3, 0.4) is 0 Å². The highest BCUT2D eigenvalue weighted by atomic mass is 16.6. The number of benzene rings is 1. The van der Waals surface area contributed by atoms with Gasteiger partial charge in [-0.05, 0) is 6.07 Å². The minimum atomic E-state index is -0.537. The summed E-state index contributed by atoms with van der Waals surface area (Å²) in [7, 11) is 1.75. The number of nitrogens with one attached hydrogen (secondary N) is 1. The van der Waals surface area contributed by atoms with E-state index in [1.54, 1.807) is 18.1 Å². The topological polar surface area (TPSA) is 110 Å². The van der Waals surface area contributed by atoms with E-state index in [0.717, 1.165) is 0 Å². The average molecular weight is 258 g/mol. The lowest BCUT2D eigenvalue weighted by atomic mass is 10.1. The van der Waals surface area contributed by atoms with E-state index >= 15 is 0 Å². The van der Waals surface area contributed by atoms with E-state index in [-0.39, 0.29) is 11.3 Å². The summed E-state index contributed by atoms with van der Waals surface area (Å²) in [6.07, 6.45) is 1.57. The van der Waals surface area contributed by atoms with E-state index in [9.17, 15) is 10.1 Å². The largest absolute Gasteiger partial charge is 0.377 e. The van der Waals surface area contributed by atoms with Crippen molar-refractivity contribution in [3.63, 3.8) is 0 Å². The molecule has 0 atom stereocenters. The van der Waals surface area contributed by atoms with E-state index in [2.05, 4.69) is 15.4 Å². The summed E-state index contributed by atoms with van der Waals surface area (Å²) < 4.78 is 1.57. The number of rotatable bonds is 4. The maximum Gasteiger partial charge on any atom is 0.270 e. The molecule has 0 aliphatic heterocycles. The van der Waals surface area contributed by atoms with Crippen molar-refractivity contribution >= 4 is 11.4 Å². The fourth-order valence-corrected chi connectivity index (χ4v) is 1.53. The van der Waals surface area contributed by atoms with Crippen LogP contribution in [0.2, 0.25) is 0 Å². The lowest BCUT2D eigenvalue weighted by Gasteiger charge is -2.05. The van der Waals surface area contributed by atoms with Gasteiger partial charge in [-0.3, -0.25) is 14.8 Å². The second-order valence-electron chi connectivity index (χ2n) is 3.79. The Kier molecular flexibility index (Phi) is 3.38. The number of nitrogens with zero attached hydrogens (tertiary/aromatic N) is 5. The van der Waals surface area contributed by atoms with Crippen LogP contribution in [0.5, 0.6) is 0 Å². The zero-order chi connectivity index (χ0) is 13.8. The summed E-state index contributed by atoms with van der Waals surface area (Å²) in [5.41, 5.74) is 0.615. The van der Waals surface area contributed by atoms with Gasteiger partial charge in [0.25, 0.3) is 5.69 Å². The van der Waals surface area contributed by atoms with Crippen LogP contribution in [-0.4, -0.2) is 19.7 Å². The number of hydrogen-bond donors (Lipinski definition) is 1. The molecule has 2 rings (SSSR count). The van der Waals surface area contributed by atoms with Gasteiger partial charge in [-0.2, -0.15) is 10.4 Å². The number of aromatic nitrogens is 3. The molecule has 1 heterocycles. The van der Waals surface area contributed by atoms with E-state index in [1.807, 2.05) is 6.07 Å². The monoisotopic (exact) mass is 258 g/mol. The van der Waals surface area contributed by atoms with E-state index < -0.39 is 4.92 Å². The molecule has 96 valence electrons. The molecule has 0 amide bonds. The third kappa shape index (κ3) is 2.84. The van der Waals surface area contributed by atoms with Gasteiger partial charge in [-0.25, -0.2) is 4.98 Å². The zero-order valence-corrected chi connectivity index (χ0v) is 10.1. The summed E-state index contributed by atoms with van der Waals surface area (Å²) in [5.74, 6) is 0.574. The normalized spacial score (nSPS) is 9.89. The van der Waals surface area contributed by atoms with Crippen LogP contribution in [-0.2, 0) is 13.6 Å². The van der Waals surface area contributed by atoms with Crippen LogP contribution in [0.15, 0.2) is 24.5 Å². The quantitative estimate of drug-likeness (QED) is 0.651. The second kappa shape index (κ2) is 5.14. The molecular weight excluding hydrogens is 248 g/mol. The lowest BCUT2D eigenvalue weighted by Crippen LogP contribution is -2.04. The van der Waals surface area contributed by atoms with Crippen LogP contribution >= 0.6 is 0 Å². The fourth-order valence-electron chi connectivity index (χ4n) is 1.53. The zero-order valence-electron chi connectivity index (χ0n) is 10.1. The van der Waals surface area contributed by atoms with E-state index in [1.165, 1.54) is 18.2 Å². The highest BCUT2D eigenvalue weighted by molar-refractivity contribution is 5.61. The maximum absolute atomic E-state index is 10.6. The number of anilines is 1. The molecule has 19 heavy (non-hydrogen) atoms. The van der Waals surface area contributed by atoms with Gasteiger partial charge in [0.15, 0.2) is 5.82 Å². The SMILES string of the molecule is Cn1cnc(CNc2ccc([N+](=O)[O-])cc2C#N)n1. The minimum absolute atomic E-state index is 0.113. The van der Waals surface area contributed by atoms with Crippen LogP contribution in [0, 0.1) is 21.4 Å². The molecule has 0 saturated carbocycles. The van der Waals surface area contributed by atoms with Gasteiger partial charge in [-0.15, -0.1) is 0 Å². The van der Waals surface area contributed by atoms with E-state index in [0.29, 0.717) is 18.1 Å². The van der Waals surface area contributed by atoms with Gasteiger partial charge in [0.2, 0.25) is 0 Å². The van der Waals surface area contributed by atoms with Crippen molar-refractivity contribution in [2.24, 2.45) is 7.05 Å². The predicted molar refractivity (Wildman–Crippen MR) is 66.1 cm³/mol. The molecular formula is C11H10N6O2. The van der Waals surface area contributed by atoms with Crippen molar-refractivity contribution < 1.29 is 4.92 Å². The Morgan fingerprint density at radius 2 is 2.37 bits per heavy atom. The van der Waals surface area contributed by atoms with Crippen molar-refractivity contribution in [3.05, 3.63) is 46.0 Å². The Morgan fingerprint density at radius 1 is 1.58 bits per heavy atom. The first kappa shape index (κ1) is 12.5. The maximum atomic E-state index is 10.6. The number of nitro groups is 1. The van der Waals surface area contributed by atoms with Gasteiger partial charge < -0.3 is 5.32 Å². The van der Waals surface area contributed by atoms with Crippen LogP contribution in [0.25, 0.3) is 0 Å². The van der Waals surface area contributed by atoms with Crippen molar-refractivity contribution in [2.45, 2.75) is 6.54 Å². The number of non-ortho nitro benzene ring substituents is 1. The summed E-state index contributed by atoms with van der Waals surface area (Å²) in [6, 6.07) is 5.99. The lowest BCUT2D eigenvalue weighted by molar-refractivity contribution is -0.384. The molecule has 2 aromatic rings. The molecule has 0 aliphatic carbocycles. The first-order valence-electron chi connectivity index (χ1n) is 5.37. The molecule has 1 aromatic carbocycles. The minimum Gasteiger partial charge on any atom is -0.377 e. The van der Waals surface area contributed by atoms with Crippen LogP contribution < -0.4 is 5.32 Å². The molecule has 0 radical (unpaired) electrons. The molecule has 8 nitrogen and oxygen atoms in total.